The summed E-state index contributed by atoms with van der Waals surface area (Å²) in [5, 5.41) is 26.7. The zero-order valence-electron chi connectivity index (χ0n) is 44.4. The molecule has 2 heterocycles. The van der Waals surface area contributed by atoms with Gasteiger partial charge in [-0.1, -0.05) is 87.3 Å². The van der Waals surface area contributed by atoms with Gasteiger partial charge >= 0.3 is 11.9 Å². The van der Waals surface area contributed by atoms with E-state index in [0.717, 1.165) is 68.5 Å². The molecule has 76 heavy (non-hydrogen) atoms. The highest BCUT2D eigenvalue weighted by Gasteiger charge is 2.21. The quantitative estimate of drug-likeness (QED) is 0.0464. The summed E-state index contributed by atoms with van der Waals surface area (Å²) < 4.78 is 35.7. The first-order valence-electron chi connectivity index (χ1n) is 25.2. The number of hydrogen-bond donors (Lipinski definition) is 2. The summed E-state index contributed by atoms with van der Waals surface area (Å²) in [5.74, 6) is 1.97. The van der Waals surface area contributed by atoms with Crippen molar-refractivity contribution in [1.29, 1.82) is 10.5 Å². The van der Waals surface area contributed by atoms with Crippen molar-refractivity contribution in [1.82, 2.24) is 20.6 Å². The monoisotopic (exact) mass is 1070 g/mol. The average molecular weight is 1070 g/mol. The lowest BCUT2D eigenvalue weighted by Gasteiger charge is -2.22. The van der Waals surface area contributed by atoms with E-state index in [4.69, 9.17) is 51.6 Å². The number of ether oxygens (including phenoxy) is 6. The van der Waals surface area contributed by atoms with Crippen molar-refractivity contribution in [3.63, 3.8) is 0 Å². The van der Waals surface area contributed by atoms with Crippen molar-refractivity contribution >= 4 is 35.1 Å². The summed E-state index contributed by atoms with van der Waals surface area (Å²) in [4.78, 5) is 33.0. The average Bonchev–Trinajstić information content (AvgIpc) is 3.40. The Kier molecular flexibility index (Phi) is 21.9. The van der Waals surface area contributed by atoms with Gasteiger partial charge in [-0.25, -0.2) is 0 Å². The van der Waals surface area contributed by atoms with Gasteiger partial charge < -0.3 is 39.1 Å². The lowest BCUT2D eigenvalue weighted by Crippen LogP contribution is -2.32. The number of nitrogens with one attached hydrogen (secondary N) is 2. The number of carbonyl (C=O) groups excluding carboxylic acids is 2. The van der Waals surface area contributed by atoms with Gasteiger partial charge in [0.25, 0.3) is 0 Å². The molecule has 6 aromatic rings. The lowest BCUT2D eigenvalue weighted by molar-refractivity contribution is -0.142. The van der Waals surface area contributed by atoms with Crippen LogP contribution >= 0.6 is 23.2 Å². The Morgan fingerprint density at radius 2 is 0.947 bits per heavy atom. The predicted octanol–water partition coefficient (Wildman–Crippen LogP) is 12.3. The highest BCUT2D eigenvalue weighted by Crippen LogP contribution is 2.38. The molecule has 14 nitrogen and oxygen atoms in total. The van der Waals surface area contributed by atoms with Crippen molar-refractivity contribution in [3.05, 3.63) is 163 Å². The molecule has 0 bridgehead atoms. The van der Waals surface area contributed by atoms with E-state index in [2.05, 4.69) is 86.4 Å². The van der Waals surface area contributed by atoms with Crippen LogP contribution in [-0.4, -0.2) is 48.2 Å². The molecular weight excluding hydrogens is 1000 g/mol. The topological polar surface area (TPSA) is 187 Å². The first kappa shape index (κ1) is 58.1. The number of aromatic nitrogens is 2. The van der Waals surface area contributed by atoms with Gasteiger partial charge in [0, 0.05) is 84.3 Å². The number of hydrogen-bond acceptors (Lipinski definition) is 14. The van der Waals surface area contributed by atoms with Crippen LogP contribution in [-0.2, 0) is 58.6 Å². The minimum atomic E-state index is -0.298. The fraction of sp³-hybridized carbons (Fsp3) is 0.367. The van der Waals surface area contributed by atoms with Crippen LogP contribution in [0.25, 0.3) is 11.1 Å². The summed E-state index contributed by atoms with van der Waals surface area (Å²) >= 11 is 13.9. The highest BCUT2D eigenvalue weighted by atomic mass is 35.5. The van der Waals surface area contributed by atoms with Gasteiger partial charge in [-0.05, 0) is 96.2 Å². The molecule has 2 unspecified atom stereocenters. The number of rotatable bonds is 27. The van der Waals surface area contributed by atoms with E-state index in [9.17, 15) is 20.1 Å². The van der Waals surface area contributed by atoms with Crippen molar-refractivity contribution in [2.75, 3.05) is 14.2 Å². The van der Waals surface area contributed by atoms with Gasteiger partial charge in [-0.2, -0.15) is 10.5 Å². The number of benzene rings is 4. The highest BCUT2D eigenvalue weighted by molar-refractivity contribution is 6.32. The molecule has 0 aliphatic heterocycles. The van der Waals surface area contributed by atoms with E-state index in [1.807, 2.05) is 36.4 Å². The first-order valence-corrected chi connectivity index (χ1v) is 25.9. The zero-order valence-corrected chi connectivity index (χ0v) is 45.9. The van der Waals surface area contributed by atoms with Crippen molar-refractivity contribution in [2.45, 2.75) is 119 Å². The minimum absolute atomic E-state index is 0.142. The Labute approximate surface area is 456 Å². The number of nitriles is 2. The van der Waals surface area contributed by atoms with Gasteiger partial charge in [0.15, 0.2) is 0 Å². The SMILES string of the molecule is COC(=O)CC(CC(C)C)NCc1cc(Cl)c(OCc2cccc(-c3cccc(COc4cc(OCc5cncc(C#N)c5)c(CNC(CC(=O)OC)CC(C)C)cc4Cl)c3C)c2C)cc1OCc1cncc(C#N)c1. The largest absolute Gasteiger partial charge is 0.488 e. The third kappa shape index (κ3) is 16.9. The second-order valence-corrected chi connectivity index (χ2v) is 20.3. The minimum Gasteiger partial charge on any atom is -0.488 e. The number of carbonyl (C=O) groups is 2. The maximum Gasteiger partial charge on any atom is 0.307 e. The first-order chi connectivity index (χ1) is 36.6. The molecule has 2 aromatic heterocycles. The summed E-state index contributed by atoms with van der Waals surface area (Å²) in [5.41, 5.74) is 9.81. The van der Waals surface area contributed by atoms with Gasteiger partial charge in [0.05, 0.1) is 48.2 Å². The van der Waals surface area contributed by atoms with Crippen LogP contribution in [0, 0.1) is 48.3 Å². The zero-order chi connectivity index (χ0) is 54.7. The molecule has 2 atom stereocenters. The second-order valence-electron chi connectivity index (χ2n) is 19.5. The molecule has 0 saturated heterocycles. The summed E-state index contributed by atoms with van der Waals surface area (Å²) in [6, 6.07) is 26.8. The lowest BCUT2D eigenvalue weighted by atomic mass is 9.92. The molecular formula is C60H66Cl2N6O8. The van der Waals surface area contributed by atoms with Crippen molar-refractivity contribution < 1.29 is 38.0 Å². The number of methoxy groups -OCH3 is 2. The molecule has 0 spiro atoms. The van der Waals surface area contributed by atoms with Gasteiger partial charge in [0.2, 0.25) is 0 Å². The fourth-order valence-corrected chi connectivity index (χ4v) is 9.24. The Morgan fingerprint density at radius 1 is 0.553 bits per heavy atom. The third-order valence-corrected chi connectivity index (χ3v) is 13.4. The normalized spacial score (nSPS) is 11.9. The van der Waals surface area contributed by atoms with Crippen LogP contribution in [0.2, 0.25) is 10.0 Å². The van der Waals surface area contributed by atoms with E-state index >= 15 is 0 Å². The molecule has 0 radical (unpaired) electrons. The maximum absolute atomic E-state index is 12.3. The Bertz CT molecular complexity index is 2840. The third-order valence-electron chi connectivity index (χ3n) is 12.8. The molecule has 0 aliphatic carbocycles. The molecule has 0 saturated carbocycles. The standard InChI is InChI=1S/C60H66Cl2N6O8/c1-37(2)15-49(21-59(69)71-7)67-31-47-19-53(61)57(23-55(47)73-33-43-17-41(25-63)27-65-29-43)75-35-45-11-9-13-51(39(45)5)52-14-10-12-46(40(52)6)36-76-58-24-56(74-34-44-18-42(26-64)28-66-30-44)48(20-54(58)62)32-68-50(16-38(3)4)22-60(70)72-8/h9-14,17-20,23-24,27-30,37-38,49-50,67-68H,15-16,21-22,31-36H2,1-8H3. The molecule has 4 aromatic carbocycles. The number of esters is 2. The van der Waals surface area contributed by atoms with E-state index in [1.165, 1.54) is 26.6 Å². The molecule has 6 rings (SSSR count). The van der Waals surface area contributed by atoms with Crippen molar-refractivity contribution in [3.8, 4) is 46.3 Å². The predicted molar refractivity (Wildman–Crippen MR) is 293 cm³/mol. The van der Waals surface area contributed by atoms with E-state index < -0.39 is 0 Å². The summed E-state index contributed by atoms with van der Waals surface area (Å²) in [7, 11) is 2.77. The van der Waals surface area contributed by atoms with Crippen molar-refractivity contribution in [2.24, 2.45) is 11.8 Å². The molecule has 0 amide bonds. The smallest absolute Gasteiger partial charge is 0.307 e. The van der Waals surface area contributed by atoms with E-state index in [1.54, 1.807) is 36.7 Å². The molecule has 2 N–H and O–H groups in total. The Hall–Kier alpha value is -7.20. The number of pyridine rings is 2. The van der Waals surface area contributed by atoms with Gasteiger partial charge in [-0.15, -0.1) is 0 Å². The summed E-state index contributed by atoms with van der Waals surface area (Å²) in [6.07, 6.45) is 8.24. The molecule has 0 fully saturated rings. The van der Waals surface area contributed by atoms with Crippen LogP contribution in [0.4, 0.5) is 0 Å². The van der Waals surface area contributed by atoms with E-state index in [-0.39, 0.29) is 63.3 Å². The summed E-state index contributed by atoms with van der Waals surface area (Å²) in [6.45, 7) is 14.0. The van der Waals surface area contributed by atoms with Crippen LogP contribution in [0.15, 0.2) is 97.6 Å². The van der Waals surface area contributed by atoms with Gasteiger partial charge in [-0.3, -0.25) is 19.6 Å². The maximum atomic E-state index is 12.3. The Morgan fingerprint density at radius 3 is 1.32 bits per heavy atom. The Balaban J connectivity index is 1.21. The van der Waals surface area contributed by atoms with Gasteiger partial charge in [0.1, 0.15) is 61.6 Å². The molecule has 0 aliphatic rings. The molecule has 398 valence electrons. The van der Waals surface area contributed by atoms with Crippen LogP contribution in [0.3, 0.4) is 0 Å². The van der Waals surface area contributed by atoms with Crippen LogP contribution < -0.4 is 29.6 Å². The number of halogens is 2. The van der Waals surface area contributed by atoms with Crippen LogP contribution in [0.1, 0.15) is 109 Å². The number of nitrogens with zero attached hydrogens (tertiary/aromatic N) is 4. The second kappa shape index (κ2) is 28.6. The van der Waals surface area contributed by atoms with Crippen LogP contribution in [0.5, 0.6) is 23.0 Å². The fourth-order valence-electron chi connectivity index (χ4n) is 8.76. The molecule has 16 heteroatoms. The van der Waals surface area contributed by atoms with E-state index in [0.29, 0.717) is 69.1 Å².